The van der Waals surface area contributed by atoms with Crippen LogP contribution in [0.1, 0.15) is 48.0 Å². The van der Waals surface area contributed by atoms with E-state index in [0.29, 0.717) is 0 Å². The standard InChI is InChI=1S/C36H30O3Si/c1-10-12-13-14-15-16-17-18-19-20-21-22-23-24-25-26-27-28-29-30-31-33-34(38-36(6,7)37-33)32(11-2)39-40(8,9)35(3,4)5/h1,32-34H,11H2,2-9H3/t32-,33+,34-/m0/s1. The molecule has 0 aromatic carbocycles. The normalized spacial score (nSPS) is 16.1. The maximum absolute atomic E-state index is 6.65. The van der Waals surface area contributed by atoms with Crippen LogP contribution in [0.15, 0.2) is 0 Å². The third kappa shape index (κ3) is 13.2. The first-order valence-electron chi connectivity index (χ1n) is 12.4. The number of hydrogen-bond acceptors (Lipinski definition) is 3. The third-order valence-corrected chi connectivity index (χ3v) is 10.1. The van der Waals surface area contributed by atoms with E-state index in [1.807, 2.05) is 13.8 Å². The first-order valence-corrected chi connectivity index (χ1v) is 15.3. The lowest BCUT2D eigenvalue weighted by Crippen LogP contribution is -2.49. The molecule has 1 fully saturated rings. The zero-order valence-electron chi connectivity index (χ0n) is 24.2. The minimum Gasteiger partial charge on any atom is -0.411 e. The quantitative estimate of drug-likeness (QED) is 0.401. The summed E-state index contributed by atoms with van der Waals surface area (Å²) in [5.74, 6) is 52.9. The second kappa shape index (κ2) is 17.0. The third-order valence-electron chi connectivity index (χ3n) is 5.56. The molecule has 1 rings (SSSR count). The first-order chi connectivity index (χ1) is 18.9. The molecule has 0 spiro atoms. The molecule has 0 amide bonds. The Hall–Kier alpha value is -4.74. The lowest BCUT2D eigenvalue weighted by Gasteiger charge is -2.40. The molecule has 0 N–H and O–H groups in total. The van der Waals surface area contributed by atoms with Gasteiger partial charge < -0.3 is 13.9 Å². The summed E-state index contributed by atoms with van der Waals surface area (Å²) in [6.07, 6.45) is 4.87. The molecule has 0 radical (unpaired) electrons. The zero-order chi connectivity index (χ0) is 29.9. The van der Waals surface area contributed by atoms with Crippen molar-refractivity contribution in [1.82, 2.24) is 0 Å². The van der Waals surface area contributed by atoms with E-state index < -0.39 is 20.2 Å². The smallest absolute Gasteiger partial charge is 0.192 e. The molecule has 40 heavy (non-hydrogen) atoms. The van der Waals surface area contributed by atoms with Crippen LogP contribution in [0.5, 0.6) is 0 Å². The summed E-state index contributed by atoms with van der Waals surface area (Å²) < 4.78 is 18.9. The lowest BCUT2D eigenvalue weighted by molar-refractivity contribution is -0.152. The highest BCUT2D eigenvalue weighted by Crippen LogP contribution is 2.40. The van der Waals surface area contributed by atoms with Crippen LogP contribution < -0.4 is 0 Å². The molecule has 0 aliphatic carbocycles. The van der Waals surface area contributed by atoms with Crippen molar-refractivity contribution in [2.75, 3.05) is 0 Å². The molecule has 1 saturated heterocycles. The molecule has 196 valence electrons. The minimum atomic E-state index is -2.00. The van der Waals surface area contributed by atoms with E-state index in [9.17, 15) is 0 Å². The Balaban J connectivity index is 2.75. The van der Waals surface area contributed by atoms with Crippen LogP contribution in [0.2, 0.25) is 18.1 Å². The largest absolute Gasteiger partial charge is 0.411 e. The van der Waals surface area contributed by atoms with Crippen molar-refractivity contribution in [1.29, 1.82) is 0 Å². The van der Waals surface area contributed by atoms with Crippen molar-refractivity contribution in [2.24, 2.45) is 0 Å². The monoisotopic (exact) mass is 538 g/mol. The fraction of sp³-hybridized carbons (Fsp3) is 0.389. The number of rotatable bonds is 4. The van der Waals surface area contributed by atoms with Gasteiger partial charge in [0.05, 0.1) is 6.10 Å². The topological polar surface area (TPSA) is 27.7 Å². The van der Waals surface area contributed by atoms with Crippen LogP contribution in [-0.2, 0) is 13.9 Å². The van der Waals surface area contributed by atoms with Crippen LogP contribution in [0, 0.1) is 131 Å². The van der Waals surface area contributed by atoms with Crippen LogP contribution in [0.3, 0.4) is 0 Å². The molecule has 1 aliphatic rings. The van der Waals surface area contributed by atoms with E-state index in [1.54, 1.807) is 0 Å². The van der Waals surface area contributed by atoms with E-state index in [4.69, 9.17) is 20.3 Å². The summed E-state index contributed by atoms with van der Waals surface area (Å²) in [4.78, 5) is 0. The molecule has 3 atom stereocenters. The van der Waals surface area contributed by atoms with Gasteiger partial charge >= 0.3 is 0 Å². The second-order valence-corrected chi connectivity index (χ2v) is 14.8. The summed E-state index contributed by atoms with van der Waals surface area (Å²) >= 11 is 0. The van der Waals surface area contributed by atoms with Crippen molar-refractivity contribution in [2.45, 2.75) is 90.2 Å². The molecular formula is C36H30O3Si. The number of terminal acetylenes is 1. The van der Waals surface area contributed by atoms with Crippen LogP contribution >= 0.6 is 0 Å². The minimum absolute atomic E-state index is 0.0862. The van der Waals surface area contributed by atoms with E-state index in [2.05, 4.69) is 165 Å². The summed E-state index contributed by atoms with van der Waals surface area (Å²) in [7, 11) is -2.00. The fourth-order valence-electron chi connectivity index (χ4n) is 2.79. The van der Waals surface area contributed by atoms with Crippen molar-refractivity contribution in [3.8, 4) is 131 Å². The lowest BCUT2D eigenvalue weighted by atomic mass is 10.1. The molecule has 4 heteroatoms. The Bertz CT molecular complexity index is 1630. The zero-order valence-corrected chi connectivity index (χ0v) is 25.2. The highest BCUT2D eigenvalue weighted by atomic mass is 28.4. The van der Waals surface area contributed by atoms with E-state index in [-0.39, 0.29) is 17.2 Å². The Labute approximate surface area is 242 Å². The van der Waals surface area contributed by atoms with Gasteiger partial charge in [0.2, 0.25) is 0 Å². The molecule has 0 bridgehead atoms. The van der Waals surface area contributed by atoms with Gasteiger partial charge in [-0.2, -0.15) is 0 Å². The SMILES string of the molecule is C#CC#CC#CC#CC#CC#CC#CC#CC#CC#CC#C[C@H]1OC(C)(C)O[C@H]1[C@H](CC)O[Si](C)(C)C(C)(C)C. The first kappa shape index (κ1) is 33.3. The summed E-state index contributed by atoms with van der Waals surface area (Å²) in [6, 6.07) is 0. The number of hydrogen-bond donors (Lipinski definition) is 0. The summed E-state index contributed by atoms with van der Waals surface area (Å²) in [5, 5.41) is 0.0862. The molecule has 0 aromatic heterocycles. The predicted octanol–water partition coefficient (Wildman–Crippen LogP) is 3.97. The molecule has 3 nitrogen and oxygen atoms in total. The Kier molecular flexibility index (Phi) is 14.1. The summed E-state index contributed by atoms with van der Waals surface area (Å²) in [5.41, 5.74) is 0. The van der Waals surface area contributed by atoms with Gasteiger partial charge in [-0.15, -0.1) is 6.42 Å². The average molecular weight is 539 g/mol. The van der Waals surface area contributed by atoms with Gasteiger partial charge in [0.25, 0.3) is 0 Å². The van der Waals surface area contributed by atoms with E-state index in [1.165, 1.54) is 0 Å². The van der Waals surface area contributed by atoms with Crippen LogP contribution in [0.4, 0.5) is 0 Å². The maximum atomic E-state index is 6.65. The van der Waals surface area contributed by atoms with Gasteiger partial charge in [0.15, 0.2) is 20.2 Å². The predicted molar refractivity (Wildman–Crippen MR) is 163 cm³/mol. The second-order valence-electron chi connectivity index (χ2n) is 10.0. The average Bonchev–Trinajstić information content (AvgIpc) is 3.19. The fourth-order valence-corrected chi connectivity index (χ4v) is 4.20. The van der Waals surface area contributed by atoms with E-state index >= 15 is 0 Å². The van der Waals surface area contributed by atoms with Crippen LogP contribution in [0.25, 0.3) is 0 Å². The Morgan fingerprint density at radius 3 is 1.43 bits per heavy atom. The molecule has 1 heterocycles. The summed E-state index contributed by atoms with van der Waals surface area (Å²) in [6.45, 7) is 17.0. The number of ether oxygens (including phenoxy) is 2. The van der Waals surface area contributed by atoms with Crippen LogP contribution in [-0.4, -0.2) is 32.4 Å². The van der Waals surface area contributed by atoms with E-state index in [0.717, 1.165) is 6.42 Å². The highest BCUT2D eigenvalue weighted by Gasteiger charge is 2.48. The van der Waals surface area contributed by atoms with Gasteiger partial charge in [0.1, 0.15) is 6.10 Å². The van der Waals surface area contributed by atoms with Gasteiger partial charge in [0, 0.05) is 23.7 Å². The van der Waals surface area contributed by atoms with Gasteiger partial charge in [-0.25, -0.2) is 0 Å². The molecular weight excluding hydrogens is 508 g/mol. The van der Waals surface area contributed by atoms with Crippen molar-refractivity contribution < 1.29 is 13.9 Å². The molecule has 0 saturated carbocycles. The van der Waals surface area contributed by atoms with Crippen molar-refractivity contribution >= 4 is 8.32 Å². The Morgan fingerprint density at radius 1 is 0.700 bits per heavy atom. The maximum Gasteiger partial charge on any atom is 0.192 e. The Morgan fingerprint density at radius 2 is 1.07 bits per heavy atom. The molecule has 0 unspecified atom stereocenters. The van der Waals surface area contributed by atoms with Crippen molar-refractivity contribution in [3.05, 3.63) is 0 Å². The molecule has 0 aromatic rings. The van der Waals surface area contributed by atoms with Gasteiger partial charge in [-0.05, 0) is 133 Å². The molecule has 1 aliphatic heterocycles. The van der Waals surface area contributed by atoms with Gasteiger partial charge in [-0.3, -0.25) is 0 Å². The highest BCUT2D eigenvalue weighted by molar-refractivity contribution is 6.74. The van der Waals surface area contributed by atoms with Crippen molar-refractivity contribution in [3.63, 3.8) is 0 Å². The van der Waals surface area contributed by atoms with Gasteiger partial charge in [-0.1, -0.05) is 33.6 Å².